The van der Waals surface area contributed by atoms with Gasteiger partial charge in [0.05, 0.1) is 6.42 Å². The second-order valence-corrected chi connectivity index (χ2v) is 4.52. The Balaban J connectivity index is 3.75. The molecule has 0 aromatic heterocycles. The predicted molar refractivity (Wildman–Crippen MR) is 61.9 cm³/mol. The third-order valence-electron chi connectivity index (χ3n) is 2.32. The average Bonchev–Trinajstić information content (AvgIpc) is 2.16. The molecule has 4 heteroatoms. The van der Waals surface area contributed by atoms with E-state index in [0.717, 1.165) is 0 Å². The fourth-order valence-electron chi connectivity index (χ4n) is 1.04. The molecular weight excluding hydrogens is 206 g/mol. The van der Waals surface area contributed by atoms with Crippen molar-refractivity contribution < 1.29 is 14.4 Å². The van der Waals surface area contributed by atoms with Gasteiger partial charge in [-0.2, -0.15) is 0 Å². The zero-order valence-electron chi connectivity index (χ0n) is 10.5. The second-order valence-electron chi connectivity index (χ2n) is 4.52. The van der Waals surface area contributed by atoms with E-state index in [-0.39, 0.29) is 35.7 Å². The van der Waals surface area contributed by atoms with Crippen LogP contribution in [0.2, 0.25) is 0 Å². The van der Waals surface area contributed by atoms with Crippen molar-refractivity contribution in [1.29, 1.82) is 0 Å². The summed E-state index contributed by atoms with van der Waals surface area (Å²) in [5.74, 6) is -0.379. The summed E-state index contributed by atoms with van der Waals surface area (Å²) < 4.78 is 0. The molecule has 0 fully saturated rings. The van der Waals surface area contributed by atoms with E-state index < -0.39 is 0 Å². The molecule has 0 atom stereocenters. The van der Waals surface area contributed by atoms with Crippen LogP contribution in [0.25, 0.3) is 0 Å². The first-order chi connectivity index (χ1) is 7.34. The van der Waals surface area contributed by atoms with Crippen LogP contribution in [0.3, 0.4) is 0 Å². The smallest absolute Gasteiger partial charge is 0.227 e. The standard InChI is InChI=1S/C12H21NO3/c1-8(2)10(14)5-6-13-12(16)7-11(15)9(3)4/h8-9H,5-7H2,1-4H3,(H,13,16). The summed E-state index contributed by atoms with van der Waals surface area (Å²) >= 11 is 0. The predicted octanol–water partition coefficient (Wildman–Crippen LogP) is 1.33. The Morgan fingerprint density at radius 3 is 1.88 bits per heavy atom. The normalized spacial score (nSPS) is 10.6. The van der Waals surface area contributed by atoms with Gasteiger partial charge in [0, 0.05) is 24.8 Å². The van der Waals surface area contributed by atoms with E-state index in [1.54, 1.807) is 13.8 Å². The van der Waals surface area contributed by atoms with Crippen molar-refractivity contribution in [2.75, 3.05) is 6.54 Å². The lowest BCUT2D eigenvalue weighted by Gasteiger charge is -2.07. The molecule has 0 unspecified atom stereocenters. The molecule has 92 valence electrons. The molecular formula is C12H21NO3. The Kier molecular flexibility index (Phi) is 6.61. The van der Waals surface area contributed by atoms with Gasteiger partial charge in [0.2, 0.25) is 5.91 Å². The van der Waals surface area contributed by atoms with Crippen molar-refractivity contribution >= 4 is 17.5 Å². The van der Waals surface area contributed by atoms with Crippen molar-refractivity contribution in [2.45, 2.75) is 40.5 Å². The van der Waals surface area contributed by atoms with Gasteiger partial charge in [-0.1, -0.05) is 27.7 Å². The number of nitrogens with one attached hydrogen (secondary N) is 1. The lowest BCUT2D eigenvalue weighted by molar-refractivity contribution is -0.129. The maximum atomic E-state index is 11.3. The first-order valence-corrected chi connectivity index (χ1v) is 5.66. The second kappa shape index (κ2) is 7.14. The van der Waals surface area contributed by atoms with Crippen molar-refractivity contribution in [1.82, 2.24) is 5.32 Å². The van der Waals surface area contributed by atoms with Crippen LogP contribution in [0, 0.1) is 11.8 Å². The summed E-state index contributed by atoms with van der Waals surface area (Å²) in [4.78, 5) is 33.7. The van der Waals surface area contributed by atoms with Gasteiger partial charge in [0.15, 0.2) is 0 Å². The number of amides is 1. The lowest BCUT2D eigenvalue weighted by Crippen LogP contribution is -2.29. The molecule has 0 aliphatic rings. The SMILES string of the molecule is CC(C)C(=O)CCNC(=O)CC(=O)C(C)C. The number of ketones is 2. The largest absolute Gasteiger partial charge is 0.355 e. The molecule has 0 aromatic carbocycles. The quantitative estimate of drug-likeness (QED) is 0.667. The van der Waals surface area contributed by atoms with E-state index in [0.29, 0.717) is 13.0 Å². The molecule has 0 saturated carbocycles. The molecule has 0 aliphatic carbocycles. The summed E-state index contributed by atoms with van der Waals surface area (Å²) in [6, 6.07) is 0. The van der Waals surface area contributed by atoms with Gasteiger partial charge in [0.1, 0.15) is 11.6 Å². The van der Waals surface area contributed by atoms with Crippen molar-refractivity contribution in [3.8, 4) is 0 Å². The van der Waals surface area contributed by atoms with Gasteiger partial charge in [-0.3, -0.25) is 14.4 Å². The van der Waals surface area contributed by atoms with Gasteiger partial charge in [0.25, 0.3) is 0 Å². The maximum Gasteiger partial charge on any atom is 0.227 e. The number of carbonyl (C=O) groups excluding carboxylic acids is 3. The highest BCUT2D eigenvalue weighted by Crippen LogP contribution is 1.99. The van der Waals surface area contributed by atoms with Crippen LogP contribution < -0.4 is 5.32 Å². The molecule has 0 aliphatic heterocycles. The summed E-state index contributed by atoms with van der Waals surface area (Å²) in [5, 5.41) is 2.57. The van der Waals surface area contributed by atoms with Crippen LogP contribution in [0.5, 0.6) is 0 Å². The minimum Gasteiger partial charge on any atom is -0.355 e. The van der Waals surface area contributed by atoms with Crippen molar-refractivity contribution in [2.24, 2.45) is 11.8 Å². The van der Waals surface area contributed by atoms with E-state index in [4.69, 9.17) is 0 Å². The molecule has 0 bridgehead atoms. The summed E-state index contributed by atoms with van der Waals surface area (Å²) in [7, 11) is 0. The molecule has 0 aromatic rings. The monoisotopic (exact) mass is 227 g/mol. The fraction of sp³-hybridized carbons (Fsp3) is 0.750. The molecule has 0 heterocycles. The Morgan fingerprint density at radius 2 is 1.44 bits per heavy atom. The van der Waals surface area contributed by atoms with E-state index in [1.165, 1.54) is 0 Å². The molecule has 4 nitrogen and oxygen atoms in total. The van der Waals surface area contributed by atoms with Crippen LogP contribution in [0.15, 0.2) is 0 Å². The number of rotatable bonds is 7. The highest BCUT2D eigenvalue weighted by Gasteiger charge is 2.13. The Bertz CT molecular complexity index is 269. The molecule has 16 heavy (non-hydrogen) atoms. The first-order valence-electron chi connectivity index (χ1n) is 5.66. The fourth-order valence-corrected chi connectivity index (χ4v) is 1.04. The van der Waals surface area contributed by atoms with Gasteiger partial charge < -0.3 is 5.32 Å². The Morgan fingerprint density at radius 1 is 0.938 bits per heavy atom. The third-order valence-corrected chi connectivity index (χ3v) is 2.32. The van der Waals surface area contributed by atoms with Crippen LogP contribution in [-0.2, 0) is 14.4 Å². The van der Waals surface area contributed by atoms with E-state index in [2.05, 4.69) is 5.32 Å². The summed E-state index contributed by atoms with van der Waals surface area (Å²) in [5.41, 5.74) is 0. The molecule has 0 spiro atoms. The van der Waals surface area contributed by atoms with E-state index >= 15 is 0 Å². The van der Waals surface area contributed by atoms with Crippen molar-refractivity contribution in [3.05, 3.63) is 0 Å². The molecule has 1 amide bonds. The summed E-state index contributed by atoms with van der Waals surface area (Å²) in [6.45, 7) is 7.50. The van der Waals surface area contributed by atoms with Crippen LogP contribution in [0.4, 0.5) is 0 Å². The average molecular weight is 227 g/mol. The number of hydrogen-bond acceptors (Lipinski definition) is 3. The third kappa shape index (κ3) is 6.32. The lowest BCUT2D eigenvalue weighted by atomic mass is 10.1. The van der Waals surface area contributed by atoms with Gasteiger partial charge in [-0.05, 0) is 0 Å². The molecule has 0 radical (unpaired) electrons. The number of carbonyl (C=O) groups is 3. The van der Waals surface area contributed by atoms with E-state index in [9.17, 15) is 14.4 Å². The number of Topliss-reactive ketones (excluding diaryl/α,β-unsaturated/α-hetero) is 2. The maximum absolute atomic E-state index is 11.3. The Hall–Kier alpha value is -1.19. The zero-order chi connectivity index (χ0) is 12.7. The Labute approximate surface area is 96.8 Å². The van der Waals surface area contributed by atoms with Gasteiger partial charge >= 0.3 is 0 Å². The number of hydrogen-bond donors (Lipinski definition) is 1. The van der Waals surface area contributed by atoms with Crippen molar-refractivity contribution in [3.63, 3.8) is 0 Å². The van der Waals surface area contributed by atoms with Gasteiger partial charge in [-0.25, -0.2) is 0 Å². The van der Waals surface area contributed by atoms with Crippen LogP contribution in [-0.4, -0.2) is 24.0 Å². The first kappa shape index (κ1) is 14.8. The highest BCUT2D eigenvalue weighted by molar-refractivity contribution is 5.98. The van der Waals surface area contributed by atoms with Crippen LogP contribution in [0.1, 0.15) is 40.5 Å². The molecule has 0 saturated heterocycles. The van der Waals surface area contributed by atoms with E-state index in [1.807, 2.05) is 13.8 Å². The van der Waals surface area contributed by atoms with Crippen LogP contribution >= 0.6 is 0 Å². The highest BCUT2D eigenvalue weighted by atomic mass is 16.2. The zero-order valence-corrected chi connectivity index (χ0v) is 10.5. The minimum absolute atomic E-state index is 0.00537. The topological polar surface area (TPSA) is 63.2 Å². The molecule has 0 rings (SSSR count). The molecule has 1 N–H and O–H groups in total. The summed E-state index contributed by atoms with van der Waals surface area (Å²) in [6.07, 6.45) is 0.243. The minimum atomic E-state index is -0.296. The van der Waals surface area contributed by atoms with Gasteiger partial charge in [-0.15, -0.1) is 0 Å².